The number of amides is 2. The summed E-state index contributed by atoms with van der Waals surface area (Å²) in [5.74, 6) is -0.796. The third-order valence-corrected chi connectivity index (χ3v) is 7.15. The van der Waals surface area contributed by atoms with Gasteiger partial charge in [0.1, 0.15) is 6.61 Å². The number of likely N-dealkylation sites (tertiary alicyclic amines) is 1. The molecule has 0 radical (unpaired) electrons. The lowest BCUT2D eigenvalue weighted by molar-refractivity contribution is -0.141. The van der Waals surface area contributed by atoms with Crippen LogP contribution in [0.3, 0.4) is 0 Å². The minimum atomic E-state index is -0.755. The number of alkyl carbamates (subject to hydrolysis) is 1. The van der Waals surface area contributed by atoms with Gasteiger partial charge in [-0.25, -0.2) is 4.79 Å². The molecule has 0 spiro atoms. The Balaban J connectivity index is 0.975. The van der Waals surface area contributed by atoms with Crippen LogP contribution in [-0.4, -0.2) is 67.4 Å². The lowest BCUT2D eigenvalue weighted by atomic mass is 9.98. The van der Waals surface area contributed by atoms with Gasteiger partial charge in [-0.05, 0) is 34.1 Å². The Labute approximate surface area is 197 Å². The molecule has 1 saturated heterocycles. The smallest absolute Gasteiger partial charge is 0.407 e. The number of carbonyl (C=O) groups is 3. The van der Waals surface area contributed by atoms with Gasteiger partial charge < -0.3 is 24.8 Å². The molecule has 5 rings (SSSR count). The summed E-state index contributed by atoms with van der Waals surface area (Å²) in [4.78, 5) is 37.1. The van der Waals surface area contributed by atoms with Crippen molar-refractivity contribution in [2.75, 3.05) is 39.5 Å². The number of nitrogens with zero attached hydrogens (tertiary/aromatic N) is 1. The minimum Gasteiger partial charge on any atom is -0.481 e. The second kappa shape index (κ2) is 9.46. The highest BCUT2D eigenvalue weighted by molar-refractivity contribution is 5.80. The van der Waals surface area contributed by atoms with Gasteiger partial charge in [-0.3, -0.25) is 9.59 Å². The van der Waals surface area contributed by atoms with E-state index in [1.54, 1.807) is 4.90 Å². The van der Waals surface area contributed by atoms with Crippen molar-refractivity contribution >= 4 is 18.0 Å². The Hall–Kier alpha value is -3.39. The minimum absolute atomic E-state index is 0.0131. The molecule has 2 aromatic rings. The largest absolute Gasteiger partial charge is 0.481 e. The SMILES string of the molecule is O=C(NCCOCCC(=O)N1C[C@@H]2C(C(=O)O)[C@@H]2C1)OCC1c2ccccc2-c2ccccc21. The summed E-state index contributed by atoms with van der Waals surface area (Å²) < 4.78 is 11.0. The van der Waals surface area contributed by atoms with Crippen LogP contribution in [0.5, 0.6) is 0 Å². The summed E-state index contributed by atoms with van der Waals surface area (Å²) in [5.41, 5.74) is 4.70. The third-order valence-electron chi connectivity index (χ3n) is 7.15. The third kappa shape index (κ3) is 4.37. The van der Waals surface area contributed by atoms with Crippen molar-refractivity contribution in [1.29, 1.82) is 0 Å². The highest BCUT2D eigenvalue weighted by atomic mass is 16.5. The number of hydrogen-bond acceptors (Lipinski definition) is 5. The standard InChI is InChI=1S/C26H28N2O6/c29-23(28-13-20-21(14-28)24(20)25(30)31)9-11-33-12-10-27-26(32)34-15-22-18-7-3-1-5-16(18)17-6-2-4-8-19(17)22/h1-8,20-22,24H,9-15H2,(H,27,32)(H,30,31)/t20-,21+,24?. The van der Waals surface area contributed by atoms with Crippen molar-refractivity contribution in [3.63, 3.8) is 0 Å². The van der Waals surface area contributed by atoms with Gasteiger partial charge in [0, 0.05) is 25.6 Å². The lowest BCUT2D eigenvalue weighted by Gasteiger charge is -2.19. The first-order valence-electron chi connectivity index (χ1n) is 11.7. The van der Waals surface area contributed by atoms with Crippen LogP contribution >= 0.6 is 0 Å². The maximum absolute atomic E-state index is 12.2. The maximum Gasteiger partial charge on any atom is 0.407 e. The summed E-state index contributed by atoms with van der Waals surface area (Å²) in [7, 11) is 0. The Morgan fingerprint density at radius 2 is 1.56 bits per heavy atom. The van der Waals surface area contributed by atoms with Crippen LogP contribution < -0.4 is 5.32 Å². The monoisotopic (exact) mass is 464 g/mol. The topological polar surface area (TPSA) is 105 Å². The molecule has 0 bridgehead atoms. The molecule has 178 valence electrons. The Morgan fingerprint density at radius 3 is 2.18 bits per heavy atom. The molecule has 8 nitrogen and oxygen atoms in total. The molecular weight excluding hydrogens is 436 g/mol. The molecule has 8 heteroatoms. The van der Waals surface area contributed by atoms with E-state index in [9.17, 15) is 14.4 Å². The number of carboxylic acid groups (broad SMARTS) is 1. The van der Waals surface area contributed by atoms with Gasteiger partial charge in [0.2, 0.25) is 5.91 Å². The predicted molar refractivity (Wildman–Crippen MR) is 123 cm³/mol. The first-order chi connectivity index (χ1) is 16.5. The molecule has 2 amide bonds. The van der Waals surface area contributed by atoms with Gasteiger partial charge in [0.05, 0.1) is 25.6 Å². The van der Waals surface area contributed by atoms with Crippen molar-refractivity contribution in [2.45, 2.75) is 12.3 Å². The van der Waals surface area contributed by atoms with E-state index in [-0.39, 0.29) is 55.8 Å². The molecule has 3 aliphatic rings. The summed E-state index contributed by atoms with van der Waals surface area (Å²) in [6.45, 7) is 2.16. The van der Waals surface area contributed by atoms with Gasteiger partial charge in [-0.2, -0.15) is 0 Å². The highest BCUT2D eigenvalue weighted by Gasteiger charge is 2.60. The van der Waals surface area contributed by atoms with Gasteiger partial charge >= 0.3 is 12.1 Å². The van der Waals surface area contributed by atoms with E-state index in [4.69, 9.17) is 14.6 Å². The zero-order valence-corrected chi connectivity index (χ0v) is 18.8. The summed E-state index contributed by atoms with van der Waals surface area (Å²) >= 11 is 0. The molecule has 1 unspecified atom stereocenters. The van der Waals surface area contributed by atoms with Crippen LogP contribution in [0.15, 0.2) is 48.5 Å². The Bertz CT molecular complexity index is 1040. The van der Waals surface area contributed by atoms with E-state index in [0.29, 0.717) is 19.6 Å². The summed E-state index contributed by atoms with van der Waals surface area (Å²) in [5, 5.41) is 11.7. The molecule has 34 heavy (non-hydrogen) atoms. The fraction of sp³-hybridized carbons (Fsp3) is 0.423. The van der Waals surface area contributed by atoms with Crippen molar-refractivity contribution in [1.82, 2.24) is 10.2 Å². The quantitative estimate of drug-likeness (QED) is 0.553. The van der Waals surface area contributed by atoms with E-state index in [0.717, 1.165) is 0 Å². The van der Waals surface area contributed by atoms with Crippen molar-refractivity contribution in [2.24, 2.45) is 17.8 Å². The van der Waals surface area contributed by atoms with Crippen LogP contribution in [0.2, 0.25) is 0 Å². The number of hydrogen-bond donors (Lipinski definition) is 2. The number of aliphatic carboxylic acids is 1. The van der Waals surface area contributed by atoms with Crippen molar-refractivity contribution in [3.05, 3.63) is 59.7 Å². The number of fused-ring (bicyclic) bond motifs is 4. The molecule has 1 heterocycles. The molecule has 2 aromatic carbocycles. The molecule has 0 aromatic heterocycles. The average Bonchev–Trinajstić information content (AvgIpc) is 3.20. The van der Waals surface area contributed by atoms with Gasteiger partial charge in [0.15, 0.2) is 0 Å². The van der Waals surface area contributed by atoms with Crippen molar-refractivity contribution in [3.8, 4) is 11.1 Å². The number of piperidine rings is 1. The number of carboxylic acids is 1. The Kier molecular flexibility index (Phi) is 6.24. The van der Waals surface area contributed by atoms with Crippen LogP contribution in [0.25, 0.3) is 11.1 Å². The van der Waals surface area contributed by atoms with Gasteiger partial charge in [0.25, 0.3) is 0 Å². The fourth-order valence-electron chi connectivity index (χ4n) is 5.39. The van der Waals surface area contributed by atoms with Crippen LogP contribution in [-0.2, 0) is 19.1 Å². The molecule has 2 N–H and O–H groups in total. The molecule has 2 fully saturated rings. The molecule has 2 aliphatic carbocycles. The van der Waals surface area contributed by atoms with E-state index in [2.05, 4.69) is 29.6 Å². The van der Waals surface area contributed by atoms with E-state index >= 15 is 0 Å². The van der Waals surface area contributed by atoms with E-state index in [1.807, 2.05) is 24.3 Å². The molecule has 1 saturated carbocycles. The molecular formula is C26H28N2O6. The van der Waals surface area contributed by atoms with Crippen LogP contribution in [0, 0.1) is 17.8 Å². The van der Waals surface area contributed by atoms with Gasteiger partial charge in [-0.15, -0.1) is 0 Å². The Morgan fingerprint density at radius 1 is 0.941 bits per heavy atom. The predicted octanol–water partition coefficient (Wildman–Crippen LogP) is 2.72. The van der Waals surface area contributed by atoms with Crippen molar-refractivity contribution < 1.29 is 29.0 Å². The number of ether oxygens (including phenoxy) is 2. The fourth-order valence-corrected chi connectivity index (χ4v) is 5.39. The van der Waals surface area contributed by atoms with E-state index in [1.165, 1.54) is 22.3 Å². The second-order valence-corrected chi connectivity index (χ2v) is 9.11. The number of benzene rings is 2. The normalized spacial score (nSPS) is 22.0. The number of carbonyl (C=O) groups excluding carboxylic acids is 2. The molecule has 3 atom stereocenters. The van der Waals surface area contributed by atoms with Gasteiger partial charge in [-0.1, -0.05) is 48.5 Å². The highest BCUT2D eigenvalue weighted by Crippen LogP contribution is 2.51. The van der Waals surface area contributed by atoms with Crippen LogP contribution in [0.4, 0.5) is 4.79 Å². The summed E-state index contributed by atoms with van der Waals surface area (Å²) in [6, 6.07) is 16.4. The average molecular weight is 465 g/mol. The molecule has 1 aliphatic heterocycles. The van der Waals surface area contributed by atoms with Crippen LogP contribution in [0.1, 0.15) is 23.5 Å². The van der Waals surface area contributed by atoms with E-state index < -0.39 is 12.1 Å². The second-order valence-electron chi connectivity index (χ2n) is 9.11. The first-order valence-corrected chi connectivity index (χ1v) is 11.7. The number of rotatable bonds is 9. The first kappa shape index (κ1) is 22.4. The number of nitrogens with one attached hydrogen (secondary N) is 1. The maximum atomic E-state index is 12.2. The zero-order valence-electron chi connectivity index (χ0n) is 18.8. The lowest BCUT2D eigenvalue weighted by Crippen LogP contribution is -2.33. The summed E-state index contributed by atoms with van der Waals surface area (Å²) in [6.07, 6.45) is -0.243. The zero-order chi connectivity index (χ0) is 23.7.